The first kappa shape index (κ1) is 23.2. The van der Waals surface area contributed by atoms with Gasteiger partial charge < -0.3 is 20.3 Å². The molecule has 0 spiro atoms. The minimum atomic E-state index is 0.0120. The van der Waals surface area contributed by atoms with Gasteiger partial charge in [-0.25, -0.2) is 4.99 Å². The average molecular weight is 403 g/mol. The van der Waals surface area contributed by atoms with Crippen LogP contribution < -0.4 is 10.6 Å². The van der Waals surface area contributed by atoms with Gasteiger partial charge in [0.05, 0.1) is 12.6 Å². The second kappa shape index (κ2) is 10.6. The lowest BCUT2D eigenvalue weighted by Crippen LogP contribution is -2.63. The molecule has 0 bridgehead atoms. The Bertz CT molecular complexity index is 683. The summed E-state index contributed by atoms with van der Waals surface area (Å²) in [7, 11) is 3.52. The zero-order valence-corrected chi connectivity index (χ0v) is 18.9. The van der Waals surface area contributed by atoms with Gasteiger partial charge in [-0.15, -0.1) is 0 Å². The Morgan fingerprint density at radius 3 is 2.48 bits per heavy atom. The van der Waals surface area contributed by atoms with Crippen LogP contribution >= 0.6 is 0 Å². The predicted molar refractivity (Wildman–Crippen MR) is 119 cm³/mol. The van der Waals surface area contributed by atoms with Gasteiger partial charge >= 0.3 is 0 Å². The first-order valence-corrected chi connectivity index (χ1v) is 10.8. The molecule has 1 aliphatic rings. The highest BCUT2D eigenvalue weighted by Gasteiger charge is 2.49. The lowest BCUT2D eigenvalue weighted by Gasteiger charge is -2.52. The fourth-order valence-corrected chi connectivity index (χ4v) is 3.45. The summed E-state index contributed by atoms with van der Waals surface area (Å²) in [6.07, 6.45) is 3.59. The van der Waals surface area contributed by atoms with Crippen molar-refractivity contribution in [3.63, 3.8) is 0 Å². The van der Waals surface area contributed by atoms with E-state index in [9.17, 15) is 4.79 Å². The van der Waals surface area contributed by atoms with Crippen molar-refractivity contribution in [2.24, 2.45) is 10.4 Å². The summed E-state index contributed by atoms with van der Waals surface area (Å²) in [5.41, 5.74) is 1.85. The van der Waals surface area contributed by atoms with E-state index in [1.165, 1.54) is 0 Å². The first-order chi connectivity index (χ1) is 13.8. The Kier molecular flexibility index (Phi) is 8.50. The number of aliphatic imine (C=N–C) groups is 1. The van der Waals surface area contributed by atoms with Gasteiger partial charge in [0.25, 0.3) is 5.91 Å². The van der Waals surface area contributed by atoms with E-state index >= 15 is 0 Å². The Hall–Kier alpha value is -2.08. The SMILES string of the molecule is CCCCOC1CC(NC(=NCc2ccc(C(=O)N(C)C)cc2)NCC)C1(C)C. The van der Waals surface area contributed by atoms with Crippen molar-refractivity contribution in [1.82, 2.24) is 15.5 Å². The minimum Gasteiger partial charge on any atom is -0.378 e. The van der Waals surface area contributed by atoms with Gasteiger partial charge in [-0.2, -0.15) is 0 Å². The monoisotopic (exact) mass is 402 g/mol. The topological polar surface area (TPSA) is 66.0 Å². The van der Waals surface area contributed by atoms with E-state index in [1.807, 2.05) is 24.3 Å². The number of unbranched alkanes of at least 4 members (excludes halogenated alkanes) is 1. The third kappa shape index (κ3) is 6.20. The van der Waals surface area contributed by atoms with Gasteiger partial charge in [0.1, 0.15) is 0 Å². The number of nitrogens with one attached hydrogen (secondary N) is 2. The van der Waals surface area contributed by atoms with Crippen LogP contribution in [0.4, 0.5) is 0 Å². The Morgan fingerprint density at radius 2 is 1.93 bits per heavy atom. The molecule has 0 aliphatic heterocycles. The Balaban J connectivity index is 1.94. The second-order valence-electron chi connectivity index (χ2n) is 8.56. The number of carbonyl (C=O) groups is 1. The van der Waals surface area contributed by atoms with Crippen molar-refractivity contribution in [2.75, 3.05) is 27.2 Å². The normalized spacial score (nSPS) is 20.7. The van der Waals surface area contributed by atoms with Crippen LogP contribution in [-0.4, -0.2) is 56.2 Å². The van der Waals surface area contributed by atoms with Gasteiger partial charge in [0.15, 0.2) is 5.96 Å². The van der Waals surface area contributed by atoms with Crippen LogP contribution in [0, 0.1) is 5.41 Å². The summed E-state index contributed by atoms with van der Waals surface area (Å²) >= 11 is 0. The van der Waals surface area contributed by atoms with E-state index < -0.39 is 0 Å². The van der Waals surface area contributed by atoms with E-state index in [2.05, 4.69) is 38.3 Å². The van der Waals surface area contributed by atoms with E-state index in [-0.39, 0.29) is 11.3 Å². The summed E-state index contributed by atoms with van der Waals surface area (Å²) in [6.45, 7) is 11.0. The lowest BCUT2D eigenvalue weighted by molar-refractivity contribution is -0.113. The molecular formula is C23H38N4O2. The van der Waals surface area contributed by atoms with Crippen LogP contribution in [0.15, 0.2) is 29.3 Å². The number of benzene rings is 1. The van der Waals surface area contributed by atoms with Crippen LogP contribution in [0.2, 0.25) is 0 Å². The average Bonchev–Trinajstić information content (AvgIpc) is 2.70. The summed E-state index contributed by atoms with van der Waals surface area (Å²) in [6, 6.07) is 8.00. The molecule has 2 atom stereocenters. The van der Waals surface area contributed by atoms with Crippen molar-refractivity contribution in [1.29, 1.82) is 0 Å². The van der Waals surface area contributed by atoms with Crippen LogP contribution in [0.5, 0.6) is 0 Å². The fraction of sp³-hybridized carbons (Fsp3) is 0.652. The second-order valence-corrected chi connectivity index (χ2v) is 8.56. The number of carbonyl (C=O) groups excluding carboxylic acids is 1. The molecule has 0 saturated heterocycles. The summed E-state index contributed by atoms with van der Waals surface area (Å²) < 4.78 is 6.05. The molecule has 162 valence electrons. The molecule has 1 aromatic rings. The smallest absolute Gasteiger partial charge is 0.253 e. The van der Waals surface area contributed by atoms with E-state index in [0.717, 1.165) is 43.9 Å². The number of guanidine groups is 1. The minimum absolute atomic E-state index is 0.0120. The van der Waals surface area contributed by atoms with Gasteiger partial charge in [0, 0.05) is 44.3 Å². The molecule has 6 nitrogen and oxygen atoms in total. The molecule has 1 aliphatic carbocycles. The van der Waals surface area contributed by atoms with Gasteiger partial charge in [-0.1, -0.05) is 39.3 Å². The molecule has 1 fully saturated rings. The molecule has 6 heteroatoms. The van der Waals surface area contributed by atoms with Gasteiger partial charge in [-0.05, 0) is 37.5 Å². The number of hydrogen-bond acceptors (Lipinski definition) is 3. The first-order valence-electron chi connectivity index (χ1n) is 10.8. The molecule has 1 aromatic carbocycles. The standard InChI is InChI=1S/C23H38N4O2/c1-7-9-14-29-20-15-19(23(20,3)4)26-22(24-8-2)25-16-17-10-12-18(13-11-17)21(28)27(5)6/h10-13,19-20H,7-9,14-16H2,1-6H3,(H2,24,25,26). The summed E-state index contributed by atoms with van der Waals surface area (Å²) in [5, 5.41) is 6.92. The maximum atomic E-state index is 12.0. The molecule has 0 aromatic heterocycles. The number of nitrogens with zero attached hydrogens (tertiary/aromatic N) is 2. The zero-order chi connectivity index (χ0) is 21.4. The largest absolute Gasteiger partial charge is 0.378 e. The van der Waals surface area contributed by atoms with Gasteiger partial charge in [0.2, 0.25) is 0 Å². The van der Waals surface area contributed by atoms with Crippen molar-refractivity contribution in [3.8, 4) is 0 Å². The third-order valence-electron chi connectivity index (χ3n) is 5.68. The van der Waals surface area contributed by atoms with E-state index in [1.54, 1.807) is 19.0 Å². The van der Waals surface area contributed by atoms with E-state index in [4.69, 9.17) is 9.73 Å². The van der Waals surface area contributed by atoms with Crippen molar-refractivity contribution in [2.45, 2.75) is 65.6 Å². The molecule has 29 heavy (non-hydrogen) atoms. The Labute approximate surface area is 176 Å². The molecule has 2 rings (SSSR count). The predicted octanol–water partition coefficient (Wildman–Crippen LogP) is 3.43. The molecular weight excluding hydrogens is 364 g/mol. The summed E-state index contributed by atoms with van der Waals surface area (Å²) in [5.74, 6) is 0.837. The molecule has 0 radical (unpaired) electrons. The number of rotatable bonds is 9. The quantitative estimate of drug-likeness (QED) is 0.377. The fourth-order valence-electron chi connectivity index (χ4n) is 3.45. The third-order valence-corrected chi connectivity index (χ3v) is 5.68. The van der Waals surface area contributed by atoms with E-state index in [0.29, 0.717) is 24.3 Å². The molecule has 1 amide bonds. The van der Waals surface area contributed by atoms with Gasteiger partial charge in [-0.3, -0.25) is 4.79 Å². The molecule has 2 unspecified atom stereocenters. The van der Waals surface area contributed by atoms with Crippen molar-refractivity contribution < 1.29 is 9.53 Å². The van der Waals surface area contributed by atoms with Crippen LogP contribution in [-0.2, 0) is 11.3 Å². The number of ether oxygens (including phenoxy) is 1. The van der Waals surface area contributed by atoms with Crippen LogP contribution in [0.25, 0.3) is 0 Å². The molecule has 0 heterocycles. The lowest BCUT2D eigenvalue weighted by atomic mass is 9.64. The Morgan fingerprint density at radius 1 is 1.24 bits per heavy atom. The maximum absolute atomic E-state index is 12.0. The maximum Gasteiger partial charge on any atom is 0.253 e. The summed E-state index contributed by atoms with van der Waals surface area (Å²) in [4.78, 5) is 18.3. The molecule has 1 saturated carbocycles. The molecule has 2 N–H and O–H groups in total. The van der Waals surface area contributed by atoms with Crippen LogP contribution in [0.3, 0.4) is 0 Å². The number of amides is 1. The van der Waals surface area contributed by atoms with Crippen molar-refractivity contribution >= 4 is 11.9 Å². The highest BCUT2D eigenvalue weighted by Crippen LogP contribution is 2.42. The zero-order valence-electron chi connectivity index (χ0n) is 18.9. The van der Waals surface area contributed by atoms with Crippen molar-refractivity contribution in [3.05, 3.63) is 35.4 Å². The van der Waals surface area contributed by atoms with Crippen LogP contribution in [0.1, 0.15) is 62.9 Å². The highest BCUT2D eigenvalue weighted by molar-refractivity contribution is 5.93. The number of hydrogen-bond donors (Lipinski definition) is 2. The highest BCUT2D eigenvalue weighted by atomic mass is 16.5.